The molecule has 0 aromatic carbocycles. The summed E-state index contributed by atoms with van der Waals surface area (Å²) < 4.78 is 6.22. The fourth-order valence-corrected chi connectivity index (χ4v) is 5.59. The van der Waals surface area contributed by atoms with Gasteiger partial charge < -0.3 is 10.1 Å². The molecule has 0 aromatic heterocycles. The van der Waals surface area contributed by atoms with Gasteiger partial charge in [-0.05, 0) is 55.4 Å². The summed E-state index contributed by atoms with van der Waals surface area (Å²) in [4.78, 5) is 0. The van der Waals surface area contributed by atoms with Crippen LogP contribution in [0.5, 0.6) is 0 Å². The first-order valence-corrected chi connectivity index (χ1v) is 9.73. The quantitative estimate of drug-likeness (QED) is 0.833. The standard InChI is InChI=1S/C17H31NOS/c1-16(2)7-4-3-5-15(16)18-14-6-10-19-17(13-14)8-11-20-12-9-17/h14-15,18H,3-13H2,1-2H3. The lowest BCUT2D eigenvalue weighted by atomic mass is 9.72. The lowest BCUT2D eigenvalue weighted by molar-refractivity contribution is -0.0962. The Morgan fingerprint density at radius 1 is 1.05 bits per heavy atom. The Hall–Kier alpha value is 0.270. The molecule has 0 bridgehead atoms. The highest BCUT2D eigenvalue weighted by Gasteiger charge is 2.41. The third-order valence-corrected chi connectivity index (χ3v) is 6.83. The molecule has 1 spiro atoms. The number of hydrogen-bond donors (Lipinski definition) is 1. The Balaban J connectivity index is 1.59. The van der Waals surface area contributed by atoms with Crippen molar-refractivity contribution in [2.75, 3.05) is 18.1 Å². The van der Waals surface area contributed by atoms with Gasteiger partial charge in [0.2, 0.25) is 0 Å². The van der Waals surface area contributed by atoms with E-state index in [2.05, 4.69) is 30.9 Å². The minimum Gasteiger partial charge on any atom is -0.375 e. The van der Waals surface area contributed by atoms with Gasteiger partial charge in [0.25, 0.3) is 0 Å². The van der Waals surface area contributed by atoms with Crippen molar-refractivity contribution >= 4 is 11.8 Å². The predicted molar refractivity (Wildman–Crippen MR) is 87.4 cm³/mol. The van der Waals surface area contributed by atoms with E-state index in [0.717, 1.165) is 12.6 Å². The van der Waals surface area contributed by atoms with E-state index < -0.39 is 0 Å². The van der Waals surface area contributed by atoms with Crippen LogP contribution in [0.15, 0.2) is 0 Å². The third kappa shape index (κ3) is 3.36. The van der Waals surface area contributed by atoms with Gasteiger partial charge in [0.1, 0.15) is 0 Å². The van der Waals surface area contributed by atoms with E-state index in [-0.39, 0.29) is 5.60 Å². The van der Waals surface area contributed by atoms with Crippen LogP contribution in [0.4, 0.5) is 0 Å². The van der Waals surface area contributed by atoms with E-state index in [1.54, 1.807) is 0 Å². The SMILES string of the molecule is CC1(C)CCCCC1NC1CCOC2(CCSCC2)C1. The van der Waals surface area contributed by atoms with Crippen molar-refractivity contribution in [1.82, 2.24) is 5.32 Å². The fourth-order valence-electron chi connectivity index (χ4n) is 4.35. The second-order valence-electron chi connectivity index (χ2n) is 7.79. The molecule has 0 radical (unpaired) electrons. The molecule has 0 amide bonds. The number of ether oxygens (including phenoxy) is 1. The summed E-state index contributed by atoms with van der Waals surface area (Å²) in [5, 5.41) is 4.03. The normalized spacial score (nSPS) is 36.9. The van der Waals surface area contributed by atoms with Crippen LogP contribution >= 0.6 is 11.8 Å². The van der Waals surface area contributed by atoms with E-state index in [9.17, 15) is 0 Å². The lowest BCUT2D eigenvalue weighted by Crippen LogP contribution is -2.54. The van der Waals surface area contributed by atoms with Crippen LogP contribution in [0.1, 0.15) is 65.2 Å². The molecule has 116 valence electrons. The van der Waals surface area contributed by atoms with Gasteiger partial charge in [0.15, 0.2) is 0 Å². The number of thioether (sulfide) groups is 1. The van der Waals surface area contributed by atoms with Crippen molar-refractivity contribution in [3.05, 3.63) is 0 Å². The molecule has 1 aliphatic carbocycles. The van der Waals surface area contributed by atoms with Crippen LogP contribution in [-0.4, -0.2) is 35.8 Å². The van der Waals surface area contributed by atoms with E-state index in [0.29, 0.717) is 11.5 Å². The molecule has 3 heteroatoms. The third-order valence-electron chi connectivity index (χ3n) is 5.84. The molecular weight excluding hydrogens is 266 g/mol. The van der Waals surface area contributed by atoms with Gasteiger partial charge >= 0.3 is 0 Å². The van der Waals surface area contributed by atoms with Crippen molar-refractivity contribution in [3.8, 4) is 0 Å². The molecule has 2 atom stereocenters. The van der Waals surface area contributed by atoms with Gasteiger partial charge in [-0.25, -0.2) is 0 Å². The molecule has 3 aliphatic rings. The van der Waals surface area contributed by atoms with Crippen LogP contribution in [-0.2, 0) is 4.74 Å². The Labute approximate surface area is 128 Å². The summed E-state index contributed by atoms with van der Waals surface area (Å²) >= 11 is 2.10. The summed E-state index contributed by atoms with van der Waals surface area (Å²) in [6.45, 7) is 5.88. The van der Waals surface area contributed by atoms with Gasteiger partial charge in [-0.2, -0.15) is 11.8 Å². The Morgan fingerprint density at radius 2 is 1.85 bits per heavy atom. The van der Waals surface area contributed by atoms with E-state index in [1.165, 1.54) is 62.9 Å². The first-order valence-electron chi connectivity index (χ1n) is 8.58. The van der Waals surface area contributed by atoms with Crippen molar-refractivity contribution in [2.24, 2.45) is 5.41 Å². The van der Waals surface area contributed by atoms with Crippen molar-refractivity contribution in [1.29, 1.82) is 0 Å². The lowest BCUT2D eigenvalue weighted by Gasteiger charge is -2.47. The zero-order valence-corrected chi connectivity index (χ0v) is 14.1. The highest BCUT2D eigenvalue weighted by atomic mass is 32.2. The molecule has 2 saturated heterocycles. The van der Waals surface area contributed by atoms with E-state index in [4.69, 9.17) is 4.74 Å². The van der Waals surface area contributed by atoms with Crippen molar-refractivity contribution in [2.45, 2.75) is 82.9 Å². The molecule has 2 heterocycles. The average molecular weight is 298 g/mol. The van der Waals surface area contributed by atoms with Crippen LogP contribution < -0.4 is 5.32 Å². The topological polar surface area (TPSA) is 21.3 Å². The van der Waals surface area contributed by atoms with Gasteiger partial charge in [0, 0.05) is 18.7 Å². The predicted octanol–water partition coefficient (Wildman–Crippen LogP) is 3.99. The maximum Gasteiger partial charge on any atom is 0.0713 e. The van der Waals surface area contributed by atoms with Gasteiger partial charge in [0.05, 0.1) is 5.60 Å². The Kier molecular flexibility index (Phi) is 4.69. The zero-order valence-electron chi connectivity index (χ0n) is 13.2. The average Bonchev–Trinajstić information content (AvgIpc) is 2.42. The number of hydrogen-bond acceptors (Lipinski definition) is 3. The number of rotatable bonds is 2. The first kappa shape index (κ1) is 15.2. The maximum atomic E-state index is 6.22. The maximum absolute atomic E-state index is 6.22. The van der Waals surface area contributed by atoms with Crippen LogP contribution in [0, 0.1) is 5.41 Å². The molecule has 1 N–H and O–H groups in total. The van der Waals surface area contributed by atoms with Crippen LogP contribution in [0.25, 0.3) is 0 Å². The second-order valence-corrected chi connectivity index (χ2v) is 9.01. The summed E-state index contributed by atoms with van der Waals surface area (Å²) in [6, 6.07) is 1.41. The molecule has 2 unspecified atom stereocenters. The molecular formula is C17H31NOS. The minimum absolute atomic E-state index is 0.222. The van der Waals surface area contributed by atoms with Crippen LogP contribution in [0.3, 0.4) is 0 Å². The molecule has 2 nitrogen and oxygen atoms in total. The van der Waals surface area contributed by atoms with Crippen LogP contribution in [0.2, 0.25) is 0 Å². The largest absolute Gasteiger partial charge is 0.375 e. The van der Waals surface area contributed by atoms with Crippen molar-refractivity contribution in [3.63, 3.8) is 0 Å². The first-order chi connectivity index (χ1) is 9.60. The Bertz CT molecular complexity index is 319. The summed E-state index contributed by atoms with van der Waals surface area (Å²) in [5.74, 6) is 2.59. The Morgan fingerprint density at radius 3 is 2.60 bits per heavy atom. The van der Waals surface area contributed by atoms with E-state index >= 15 is 0 Å². The summed E-state index contributed by atoms with van der Waals surface area (Å²) in [6.07, 6.45) is 10.6. The monoisotopic (exact) mass is 297 g/mol. The van der Waals surface area contributed by atoms with Gasteiger partial charge in [-0.15, -0.1) is 0 Å². The smallest absolute Gasteiger partial charge is 0.0713 e. The molecule has 1 saturated carbocycles. The summed E-state index contributed by atoms with van der Waals surface area (Å²) in [7, 11) is 0. The zero-order chi connectivity index (χ0) is 14.1. The molecule has 3 rings (SSSR count). The molecule has 0 aromatic rings. The molecule has 3 fully saturated rings. The van der Waals surface area contributed by atoms with Crippen molar-refractivity contribution < 1.29 is 4.74 Å². The second kappa shape index (κ2) is 6.18. The highest BCUT2D eigenvalue weighted by Crippen LogP contribution is 2.40. The highest BCUT2D eigenvalue weighted by molar-refractivity contribution is 7.99. The molecule has 2 aliphatic heterocycles. The minimum atomic E-state index is 0.222. The molecule has 20 heavy (non-hydrogen) atoms. The number of nitrogens with one attached hydrogen (secondary N) is 1. The van der Waals surface area contributed by atoms with E-state index in [1.807, 2.05) is 0 Å². The van der Waals surface area contributed by atoms with Gasteiger partial charge in [-0.3, -0.25) is 0 Å². The summed E-state index contributed by atoms with van der Waals surface area (Å²) in [5.41, 5.74) is 0.701. The van der Waals surface area contributed by atoms with Gasteiger partial charge in [-0.1, -0.05) is 26.7 Å². The fraction of sp³-hybridized carbons (Fsp3) is 1.00.